The lowest BCUT2D eigenvalue weighted by Crippen LogP contribution is -2.19. The molecule has 1 aromatic heterocycles. The van der Waals surface area contributed by atoms with Gasteiger partial charge in [0.1, 0.15) is 11.6 Å². The van der Waals surface area contributed by atoms with Gasteiger partial charge in [0.15, 0.2) is 0 Å². The van der Waals surface area contributed by atoms with E-state index in [4.69, 9.17) is 4.74 Å². The molecule has 124 valence electrons. The maximum atomic E-state index is 9.65. The summed E-state index contributed by atoms with van der Waals surface area (Å²) in [5.41, 5.74) is 2.25. The number of imidazole rings is 1. The van der Waals surface area contributed by atoms with Crippen LogP contribution < -0.4 is 4.74 Å². The van der Waals surface area contributed by atoms with Crippen LogP contribution >= 0.6 is 0 Å². The van der Waals surface area contributed by atoms with Crippen LogP contribution in [0.25, 0.3) is 11.4 Å². The first-order chi connectivity index (χ1) is 11.2. The summed E-state index contributed by atoms with van der Waals surface area (Å²) in [6.45, 7) is 5.56. The first-order valence-electron chi connectivity index (χ1n) is 8.26. The molecule has 1 atom stereocenters. The molecule has 0 saturated carbocycles. The van der Waals surface area contributed by atoms with Crippen LogP contribution in [0.4, 0.5) is 0 Å². The van der Waals surface area contributed by atoms with Crippen LogP contribution in [0.1, 0.15) is 25.3 Å². The van der Waals surface area contributed by atoms with Gasteiger partial charge in [-0.15, -0.1) is 0 Å². The van der Waals surface area contributed by atoms with Crippen LogP contribution in [-0.4, -0.2) is 45.9 Å². The predicted octanol–water partition coefficient (Wildman–Crippen LogP) is 2.54. The molecule has 1 aliphatic heterocycles. The Morgan fingerprint density at radius 1 is 1.30 bits per heavy atom. The molecule has 1 aromatic carbocycles. The van der Waals surface area contributed by atoms with E-state index in [1.165, 1.54) is 18.4 Å². The summed E-state index contributed by atoms with van der Waals surface area (Å²) in [6, 6.07) is 6.22. The number of likely N-dealkylation sites (tertiary alicyclic amines) is 1. The summed E-state index contributed by atoms with van der Waals surface area (Å²) >= 11 is 0. The molecule has 1 unspecified atom stereocenters. The Kier molecular flexibility index (Phi) is 4.98. The summed E-state index contributed by atoms with van der Waals surface area (Å²) in [5.74, 6) is 1.81. The SMILES string of the molecule is COc1ccc(-c2nccn2CC(C)O)cc1CN1CCCC1. The lowest BCUT2D eigenvalue weighted by atomic mass is 10.1. The van der Waals surface area contributed by atoms with E-state index < -0.39 is 6.10 Å². The van der Waals surface area contributed by atoms with Gasteiger partial charge in [0.2, 0.25) is 0 Å². The zero-order valence-corrected chi connectivity index (χ0v) is 13.9. The zero-order chi connectivity index (χ0) is 16.2. The highest BCUT2D eigenvalue weighted by molar-refractivity contribution is 5.59. The van der Waals surface area contributed by atoms with E-state index in [1.807, 2.05) is 22.9 Å². The van der Waals surface area contributed by atoms with Gasteiger partial charge >= 0.3 is 0 Å². The van der Waals surface area contributed by atoms with Gasteiger partial charge in [-0.3, -0.25) is 4.90 Å². The number of nitrogens with zero attached hydrogens (tertiary/aromatic N) is 3. The number of hydrogen-bond donors (Lipinski definition) is 1. The topological polar surface area (TPSA) is 50.5 Å². The maximum absolute atomic E-state index is 9.65. The second-order valence-electron chi connectivity index (χ2n) is 6.26. The standard InChI is InChI=1S/C18H25N3O2/c1-14(22)12-21-10-7-19-18(21)15-5-6-17(23-2)16(11-15)13-20-8-3-4-9-20/h5-7,10-11,14,22H,3-4,8-9,12-13H2,1-2H3. The molecule has 0 amide bonds. The molecule has 1 fully saturated rings. The van der Waals surface area contributed by atoms with Crippen molar-refractivity contribution in [2.75, 3.05) is 20.2 Å². The van der Waals surface area contributed by atoms with Crippen LogP contribution in [0, 0.1) is 0 Å². The van der Waals surface area contributed by atoms with Crippen molar-refractivity contribution in [3.05, 3.63) is 36.2 Å². The minimum atomic E-state index is -0.398. The third-order valence-electron chi connectivity index (χ3n) is 4.31. The lowest BCUT2D eigenvalue weighted by Gasteiger charge is -2.18. The second kappa shape index (κ2) is 7.15. The van der Waals surface area contributed by atoms with E-state index in [1.54, 1.807) is 20.2 Å². The first kappa shape index (κ1) is 16.0. The lowest BCUT2D eigenvalue weighted by molar-refractivity contribution is 0.174. The molecular formula is C18H25N3O2. The normalized spacial score (nSPS) is 16.7. The fraction of sp³-hybridized carbons (Fsp3) is 0.500. The minimum Gasteiger partial charge on any atom is -0.496 e. The van der Waals surface area contributed by atoms with Gasteiger partial charge in [-0.25, -0.2) is 4.98 Å². The van der Waals surface area contributed by atoms with Crippen molar-refractivity contribution < 1.29 is 9.84 Å². The number of ether oxygens (including phenoxy) is 1. The van der Waals surface area contributed by atoms with Crippen LogP contribution in [0.15, 0.2) is 30.6 Å². The molecule has 5 heteroatoms. The van der Waals surface area contributed by atoms with Crippen molar-refractivity contribution in [1.82, 2.24) is 14.5 Å². The fourth-order valence-electron chi connectivity index (χ4n) is 3.22. The molecule has 1 saturated heterocycles. The van der Waals surface area contributed by atoms with E-state index in [2.05, 4.69) is 16.0 Å². The van der Waals surface area contributed by atoms with Crippen molar-refractivity contribution in [2.24, 2.45) is 0 Å². The van der Waals surface area contributed by atoms with E-state index in [0.717, 1.165) is 36.8 Å². The molecule has 0 aliphatic carbocycles. The Bertz CT molecular complexity index is 645. The molecule has 0 bridgehead atoms. The Labute approximate surface area is 137 Å². The number of hydrogen-bond acceptors (Lipinski definition) is 4. The largest absolute Gasteiger partial charge is 0.496 e. The molecule has 5 nitrogen and oxygen atoms in total. The number of benzene rings is 1. The summed E-state index contributed by atoms with van der Waals surface area (Å²) in [4.78, 5) is 6.93. The Morgan fingerprint density at radius 3 is 2.78 bits per heavy atom. The van der Waals surface area contributed by atoms with Crippen molar-refractivity contribution in [3.8, 4) is 17.1 Å². The number of rotatable bonds is 6. The summed E-state index contributed by atoms with van der Waals surface area (Å²) in [6.07, 6.45) is 5.85. The van der Waals surface area contributed by atoms with Gasteiger partial charge in [-0.05, 0) is 51.1 Å². The Hall–Kier alpha value is -1.85. The number of methoxy groups -OCH3 is 1. The molecule has 1 N–H and O–H groups in total. The van der Waals surface area contributed by atoms with Crippen molar-refractivity contribution in [3.63, 3.8) is 0 Å². The number of aromatic nitrogens is 2. The highest BCUT2D eigenvalue weighted by atomic mass is 16.5. The average Bonchev–Trinajstić information content (AvgIpc) is 3.18. The summed E-state index contributed by atoms with van der Waals surface area (Å²) in [5, 5.41) is 9.65. The molecule has 3 rings (SSSR count). The van der Waals surface area contributed by atoms with E-state index in [0.29, 0.717) is 6.54 Å². The van der Waals surface area contributed by atoms with E-state index in [9.17, 15) is 5.11 Å². The van der Waals surface area contributed by atoms with Crippen LogP contribution in [-0.2, 0) is 13.1 Å². The highest BCUT2D eigenvalue weighted by Gasteiger charge is 2.16. The van der Waals surface area contributed by atoms with Gasteiger partial charge in [-0.1, -0.05) is 0 Å². The Balaban J connectivity index is 1.89. The predicted molar refractivity (Wildman–Crippen MR) is 90.4 cm³/mol. The smallest absolute Gasteiger partial charge is 0.139 e. The number of aliphatic hydroxyl groups excluding tert-OH is 1. The second-order valence-corrected chi connectivity index (χ2v) is 6.26. The molecular weight excluding hydrogens is 290 g/mol. The van der Waals surface area contributed by atoms with Gasteiger partial charge in [0.25, 0.3) is 0 Å². The minimum absolute atomic E-state index is 0.398. The van der Waals surface area contributed by atoms with Crippen molar-refractivity contribution >= 4 is 0 Å². The monoisotopic (exact) mass is 315 g/mol. The van der Waals surface area contributed by atoms with Crippen LogP contribution in [0.5, 0.6) is 5.75 Å². The quantitative estimate of drug-likeness (QED) is 0.890. The third-order valence-corrected chi connectivity index (χ3v) is 4.31. The summed E-state index contributed by atoms with van der Waals surface area (Å²) < 4.78 is 7.52. The zero-order valence-electron chi connectivity index (χ0n) is 13.9. The average molecular weight is 315 g/mol. The number of aliphatic hydroxyl groups is 1. The van der Waals surface area contributed by atoms with Gasteiger partial charge in [-0.2, -0.15) is 0 Å². The van der Waals surface area contributed by atoms with E-state index in [-0.39, 0.29) is 0 Å². The Morgan fingerprint density at radius 2 is 2.09 bits per heavy atom. The third kappa shape index (κ3) is 3.74. The maximum Gasteiger partial charge on any atom is 0.139 e. The van der Waals surface area contributed by atoms with E-state index >= 15 is 0 Å². The molecule has 0 radical (unpaired) electrons. The highest BCUT2D eigenvalue weighted by Crippen LogP contribution is 2.28. The van der Waals surface area contributed by atoms with Crippen LogP contribution in [0.3, 0.4) is 0 Å². The first-order valence-corrected chi connectivity index (χ1v) is 8.26. The fourth-order valence-corrected chi connectivity index (χ4v) is 3.22. The molecule has 0 spiro atoms. The van der Waals surface area contributed by atoms with Crippen LogP contribution in [0.2, 0.25) is 0 Å². The molecule has 23 heavy (non-hydrogen) atoms. The van der Waals surface area contributed by atoms with Gasteiger partial charge in [0, 0.05) is 36.6 Å². The molecule has 2 aromatic rings. The van der Waals surface area contributed by atoms with Crippen molar-refractivity contribution in [1.29, 1.82) is 0 Å². The van der Waals surface area contributed by atoms with Crippen molar-refractivity contribution in [2.45, 2.75) is 39.0 Å². The van der Waals surface area contributed by atoms with Gasteiger partial charge in [0.05, 0.1) is 13.2 Å². The van der Waals surface area contributed by atoms with Gasteiger partial charge < -0.3 is 14.4 Å². The molecule has 1 aliphatic rings. The summed E-state index contributed by atoms with van der Waals surface area (Å²) in [7, 11) is 1.72. The molecule has 2 heterocycles.